The van der Waals surface area contributed by atoms with Crippen molar-refractivity contribution in [1.82, 2.24) is 10.2 Å². The van der Waals surface area contributed by atoms with Crippen molar-refractivity contribution in [3.05, 3.63) is 54.6 Å². The van der Waals surface area contributed by atoms with Gasteiger partial charge in [-0.3, -0.25) is 9.59 Å². The highest BCUT2D eigenvalue weighted by atomic mass is 32.2. The molecule has 1 saturated heterocycles. The third kappa shape index (κ3) is 6.00. The zero-order chi connectivity index (χ0) is 21.3. The minimum absolute atomic E-state index is 0.209. The van der Waals surface area contributed by atoms with Crippen LogP contribution in [0, 0.1) is 5.92 Å². The van der Waals surface area contributed by atoms with Gasteiger partial charge in [0.15, 0.2) is 0 Å². The summed E-state index contributed by atoms with van der Waals surface area (Å²) < 4.78 is 5.36. The maximum atomic E-state index is 12.2. The predicted octanol–water partition coefficient (Wildman–Crippen LogP) is 3.37. The van der Waals surface area contributed by atoms with Gasteiger partial charge in [-0.2, -0.15) is 0 Å². The average molecular weight is 428 g/mol. The molecule has 8 heteroatoms. The predicted molar refractivity (Wildman–Crippen MR) is 117 cm³/mol. The number of rotatable bonds is 5. The first-order valence-electron chi connectivity index (χ1n) is 9.81. The molecule has 0 saturated carbocycles. The molecule has 2 N–H and O–H groups in total. The molecule has 0 bridgehead atoms. The van der Waals surface area contributed by atoms with Gasteiger partial charge in [0.05, 0.1) is 5.69 Å². The lowest BCUT2D eigenvalue weighted by molar-refractivity contribution is -0.136. The summed E-state index contributed by atoms with van der Waals surface area (Å²) in [6.45, 7) is 1.51. The molecule has 3 amide bonds. The van der Waals surface area contributed by atoms with Crippen LogP contribution >= 0.6 is 11.8 Å². The van der Waals surface area contributed by atoms with E-state index in [4.69, 9.17) is 4.74 Å². The Morgan fingerprint density at radius 3 is 2.37 bits per heavy atom. The molecule has 3 rings (SSSR count). The second kappa shape index (κ2) is 10.7. The molecule has 1 heterocycles. The summed E-state index contributed by atoms with van der Waals surface area (Å²) in [5.74, 6) is -0.607. The number of para-hydroxylation sites is 2. The summed E-state index contributed by atoms with van der Waals surface area (Å²) in [6, 6.07) is 16.3. The monoisotopic (exact) mass is 427 g/mol. The molecule has 1 aliphatic rings. The molecule has 0 radical (unpaired) electrons. The Bertz CT molecular complexity index is 883. The molecule has 2 aromatic carbocycles. The van der Waals surface area contributed by atoms with Gasteiger partial charge < -0.3 is 20.3 Å². The number of piperidine rings is 1. The van der Waals surface area contributed by atoms with Crippen molar-refractivity contribution in [2.75, 3.05) is 31.2 Å². The van der Waals surface area contributed by atoms with Gasteiger partial charge in [-0.25, -0.2) is 4.79 Å². The molecule has 0 aliphatic carbocycles. The highest BCUT2D eigenvalue weighted by Crippen LogP contribution is 2.24. The Balaban J connectivity index is 1.40. The molecular weight excluding hydrogens is 402 g/mol. The van der Waals surface area contributed by atoms with Crippen LogP contribution in [0.15, 0.2) is 59.5 Å². The van der Waals surface area contributed by atoms with Crippen molar-refractivity contribution in [2.24, 2.45) is 5.92 Å². The highest BCUT2D eigenvalue weighted by Gasteiger charge is 2.25. The average Bonchev–Trinajstić information content (AvgIpc) is 2.78. The molecule has 0 spiro atoms. The molecule has 30 heavy (non-hydrogen) atoms. The van der Waals surface area contributed by atoms with E-state index in [9.17, 15) is 14.4 Å². The summed E-state index contributed by atoms with van der Waals surface area (Å²) in [5.41, 5.74) is 0.621. The second-order valence-corrected chi connectivity index (χ2v) is 7.82. The number of thioether (sulfide) groups is 1. The topological polar surface area (TPSA) is 87.7 Å². The SMILES string of the molecule is CSc1ccccc1NC(=O)C(=O)NCC1CCN(C(=O)Oc2ccccc2)CC1. The summed E-state index contributed by atoms with van der Waals surface area (Å²) in [5, 5.41) is 5.35. The number of nitrogens with zero attached hydrogens (tertiary/aromatic N) is 1. The summed E-state index contributed by atoms with van der Waals surface area (Å²) >= 11 is 1.50. The molecule has 0 aromatic heterocycles. The van der Waals surface area contributed by atoms with E-state index in [0.29, 0.717) is 31.1 Å². The van der Waals surface area contributed by atoms with Crippen LogP contribution in [-0.4, -0.2) is 48.7 Å². The largest absolute Gasteiger partial charge is 0.415 e. The Labute approximate surface area is 180 Å². The van der Waals surface area contributed by atoms with Gasteiger partial charge in [-0.05, 0) is 49.3 Å². The van der Waals surface area contributed by atoms with Gasteiger partial charge in [-0.1, -0.05) is 30.3 Å². The van der Waals surface area contributed by atoms with Gasteiger partial charge in [-0.15, -0.1) is 11.8 Å². The van der Waals surface area contributed by atoms with E-state index in [2.05, 4.69) is 10.6 Å². The van der Waals surface area contributed by atoms with Crippen molar-refractivity contribution < 1.29 is 19.1 Å². The maximum Gasteiger partial charge on any atom is 0.415 e. The standard InChI is InChI=1S/C22H25N3O4S/c1-30-19-10-6-5-9-18(19)24-21(27)20(26)23-15-16-11-13-25(14-12-16)22(28)29-17-7-3-2-4-8-17/h2-10,16H,11-15H2,1H3,(H,23,26)(H,24,27). The quantitative estimate of drug-likeness (QED) is 0.564. The van der Waals surface area contributed by atoms with Crippen LogP contribution in [0.3, 0.4) is 0 Å². The van der Waals surface area contributed by atoms with Crippen LogP contribution in [0.1, 0.15) is 12.8 Å². The molecule has 1 fully saturated rings. The number of likely N-dealkylation sites (tertiary alicyclic amines) is 1. The van der Waals surface area contributed by atoms with Crippen molar-refractivity contribution in [3.8, 4) is 5.75 Å². The molecule has 2 aromatic rings. The minimum atomic E-state index is -0.680. The van der Waals surface area contributed by atoms with Crippen LogP contribution < -0.4 is 15.4 Å². The van der Waals surface area contributed by atoms with E-state index >= 15 is 0 Å². The molecule has 158 valence electrons. The molecule has 0 atom stereocenters. The van der Waals surface area contributed by atoms with Crippen molar-refractivity contribution in [2.45, 2.75) is 17.7 Å². The third-order valence-electron chi connectivity index (χ3n) is 4.93. The van der Waals surface area contributed by atoms with Crippen molar-refractivity contribution in [1.29, 1.82) is 0 Å². The Hall–Kier alpha value is -3.00. The number of hydrogen-bond acceptors (Lipinski definition) is 5. The number of carbonyl (C=O) groups excluding carboxylic acids is 3. The number of ether oxygens (including phenoxy) is 1. The van der Waals surface area contributed by atoms with Gasteiger partial charge in [0.25, 0.3) is 0 Å². The van der Waals surface area contributed by atoms with Gasteiger partial charge in [0.1, 0.15) is 5.75 Å². The van der Waals surface area contributed by atoms with Crippen molar-refractivity contribution >= 4 is 35.4 Å². The number of hydrogen-bond donors (Lipinski definition) is 2. The van der Waals surface area contributed by atoms with Crippen LogP contribution in [0.4, 0.5) is 10.5 Å². The molecular formula is C22H25N3O4S. The van der Waals surface area contributed by atoms with Crippen LogP contribution in [0.5, 0.6) is 5.75 Å². The van der Waals surface area contributed by atoms with Crippen LogP contribution in [0.25, 0.3) is 0 Å². The number of anilines is 1. The van der Waals surface area contributed by atoms with E-state index in [1.807, 2.05) is 42.7 Å². The Kier molecular flexibility index (Phi) is 7.73. The van der Waals surface area contributed by atoms with Crippen molar-refractivity contribution in [3.63, 3.8) is 0 Å². The number of benzene rings is 2. The van der Waals surface area contributed by atoms with Gasteiger partial charge >= 0.3 is 17.9 Å². The fraction of sp³-hybridized carbons (Fsp3) is 0.318. The van der Waals surface area contributed by atoms with Gasteiger partial charge in [0.2, 0.25) is 0 Å². The smallest absolute Gasteiger partial charge is 0.410 e. The lowest BCUT2D eigenvalue weighted by atomic mass is 9.97. The summed E-state index contributed by atoms with van der Waals surface area (Å²) in [4.78, 5) is 39.1. The lowest BCUT2D eigenvalue weighted by Gasteiger charge is -2.31. The fourth-order valence-corrected chi connectivity index (χ4v) is 3.77. The zero-order valence-electron chi connectivity index (χ0n) is 16.8. The zero-order valence-corrected chi connectivity index (χ0v) is 17.6. The van der Waals surface area contributed by atoms with E-state index in [-0.39, 0.29) is 12.0 Å². The van der Waals surface area contributed by atoms with Crippen LogP contribution in [-0.2, 0) is 9.59 Å². The number of nitrogens with one attached hydrogen (secondary N) is 2. The molecule has 1 aliphatic heterocycles. The Morgan fingerprint density at radius 1 is 1.00 bits per heavy atom. The number of amides is 3. The normalized spacial score (nSPS) is 14.1. The lowest BCUT2D eigenvalue weighted by Crippen LogP contribution is -2.44. The Morgan fingerprint density at radius 2 is 1.67 bits per heavy atom. The summed E-state index contributed by atoms with van der Waals surface area (Å²) in [7, 11) is 0. The number of carbonyl (C=O) groups is 3. The first-order chi connectivity index (χ1) is 14.6. The van der Waals surface area contributed by atoms with E-state index in [1.165, 1.54) is 11.8 Å². The first-order valence-corrected chi connectivity index (χ1v) is 11.0. The maximum absolute atomic E-state index is 12.2. The third-order valence-corrected chi connectivity index (χ3v) is 5.73. The molecule has 7 nitrogen and oxygen atoms in total. The molecule has 0 unspecified atom stereocenters. The van der Waals surface area contributed by atoms with E-state index in [0.717, 1.165) is 17.7 Å². The summed E-state index contributed by atoms with van der Waals surface area (Å²) in [6.07, 6.45) is 3.02. The van der Waals surface area contributed by atoms with E-state index < -0.39 is 11.8 Å². The first kappa shape index (κ1) is 21.7. The minimum Gasteiger partial charge on any atom is -0.410 e. The van der Waals surface area contributed by atoms with Gasteiger partial charge in [0, 0.05) is 24.5 Å². The second-order valence-electron chi connectivity index (χ2n) is 6.98. The van der Waals surface area contributed by atoms with Crippen LogP contribution in [0.2, 0.25) is 0 Å². The fourth-order valence-electron chi connectivity index (χ4n) is 3.22. The highest BCUT2D eigenvalue weighted by molar-refractivity contribution is 7.98. The van der Waals surface area contributed by atoms with E-state index in [1.54, 1.807) is 23.1 Å².